The van der Waals surface area contributed by atoms with Crippen LogP contribution in [0.15, 0.2) is 18.2 Å². The van der Waals surface area contributed by atoms with E-state index in [-0.39, 0.29) is 6.10 Å². The summed E-state index contributed by atoms with van der Waals surface area (Å²) in [5, 5.41) is 5.64. The highest BCUT2D eigenvalue weighted by atomic mass is 19.1. The predicted octanol–water partition coefficient (Wildman–Crippen LogP) is 1.52. The van der Waals surface area contributed by atoms with E-state index >= 15 is 0 Å². The van der Waals surface area contributed by atoms with Crippen LogP contribution in [0.2, 0.25) is 0 Å². The van der Waals surface area contributed by atoms with Crippen LogP contribution in [-0.2, 0) is 4.79 Å². The van der Waals surface area contributed by atoms with Gasteiger partial charge in [0.25, 0.3) is 0 Å². The molecule has 0 radical (unpaired) electrons. The molecule has 0 bridgehead atoms. The number of ether oxygens (including phenoxy) is 1. The van der Waals surface area contributed by atoms with E-state index < -0.39 is 5.82 Å². The normalized spacial score (nSPS) is 16.5. The van der Waals surface area contributed by atoms with Crippen molar-refractivity contribution in [2.45, 2.75) is 18.9 Å². The lowest BCUT2D eigenvalue weighted by atomic mass is 10.1. The first-order valence-electron chi connectivity index (χ1n) is 5.66. The van der Waals surface area contributed by atoms with Gasteiger partial charge in [-0.3, -0.25) is 4.79 Å². The van der Waals surface area contributed by atoms with Crippen molar-refractivity contribution in [3.05, 3.63) is 24.0 Å². The van der Waals surface area contributed by atoms with Gasteiger partial charge in [0.1, 0.15) is 17.7 Å². The highest BCUT2D eigenvalue weighted by molar-refractivity contribution is 5.71. The van der Waals surface area contributed by atoms with E-state index in [1.54, 1.807) is 6.07 Å². The molecule has 1 aromatic carbocycles. The summed E-state index contributed by atoms with van der Waals surface area (Å²) >= 11 is 0. The fourth-order valence-corrected chi connectivity index (χ4v) is 1.89. The minimum absolute atomic E-state index is 0.113. The fourth-order valence-electron chi connectivity index (χ4n) is 1.89. The molecule has 1 aliphatic rings. The van der Waals surface area contributed by atoms with Gasteiger partial charge >= 0.3 is 0 Å². The van der Waals surface area contributed by atoms with Crippen LogP contribution in [0.4, 0.5) is 10.1 Å². The van der Waals surface area contributed by atoms with Crippen molar-refractivity contribution in [1.82, 2.24) is 5.32 Å². The van der Waals surface area contributed by atoms with Gasteiger partial charge in [0.05, 0.1) is 0 Å². The first-order chi connectivity index (χ1) is 8.28. The van der Waals surface area contributed by atoms with Gasteiger partial charge in [-0.1, -0.05) is 0 Å². The monoisotopic (exact) mass is 238 g/mol. The lowest BCUT2D eigenvalue weighted by molar-refractivity contribution is -0.105. The molecule has 2 rings (SSSR count). The maximum absolute atomic E-state index is 13.3. The van der Waals surface area contributed by atoms with Gasteiger partial charge in [0, 0.05) is 17.8 Å². The Hall–Kier alpha value is -1.62. The molecule has 5 heteroatoms. The summed E-state index contributed by atoms with van der Waals surface area (Å²) < 4.78 is 18.9. The molecule has 1 aliphatic heterocycles. The zero-order valence-corrected chi connectivity index (χ0v) is 9.41. The molecule has 1 saturated heterocycles. The zero-order chi connectivity index (χ0) is 12.1. The molecule has 1 aromatic rings. The molecule has 0 aliphatic carbocycles. The first-order valence-corrected chi connectivity index (χ1v) is 5.66. The van der Waals surface area contributed by atoms with Crippen molar-refractivity contribution in [3.63, 3.8) is 0 Å². The van der Waals surface area contributed by atoms with Crippen LogP contribution >= 0.6 is 0 Å². The van der Waals surface area contributed by atoms with Crippen LogP contribution in [0.5, 0.6) is 5.75 Å². The Morgan fingerprint density at radius 1 is 1.35 bits per heavy atom. The van der Waals surface area contributed by atoms with Crippen molar-refractivity contribution in [1.29, 1.82) is 0 Å². The average molecular weight is 238 g/mol. The van der Waals surface area contributed by atoms with E-state index in [9.17, 15) is 9.18 Å². The Morgan fingerprint density at radius 3 is 2.82 bits per heavy atom. The van der Waals surface area contributed by atoms with Crippen molar-refractivity contribution in [2.24, 2.45) is 0 Å². The van der Waals surface area contributed by atoms with Crippen LogP contribution in [0.3, 0.4) is 0 Å². The fraction of sp³-hybridized carbons (Fsp3) is 0.417. The molecular formula is C12H15FN2O2. The number of halogens is 1. The van der Waals surface area contributed by atoms with Crippen LogP contribution < -0.4 is 15.4 Å². The van der Waals surface area contributed by atoms with E-state index in [2.05, 4.69) is 10.6 Å². The van der Waals surface area contributed by atoms with Crippen molar-refractivity contribution < 1.29 is 13.9 Å². The lowest BCUT2D eigenvalue weighted by Crippen LogP contribution is -2.34. The number of nitrogens with one attached hydrogen (secondary N) is 2. The van der Waals surface area contributed by atoms with Crippen LogP contribution in [-0.4, -0.2) is 25.6 Å². The van der Waals surface area contributed by atoms with Crippen molar-refractivity contribution in [3.8, 4) is 5.75 Å². The minimum Gasteiger partial charge on any atom is -0.490 e. The van der Waals surface area contributed by atoms with Gasteiger partial charge in [-0.2, -0.15) is 0 Å². The van der Waals surface area contributed by atoms with E-state index in [1.165, 1.54) is 12.1 Å². The van der Waals surface area contributed by atoms with Gasteiger partial charge in [-0.15, -0.1) is 0 Å². The third-order valence-corrected chi connectivity index (χ3v) is 2.69. The SMILES string of the molecule is O=CNc1cc(F)cc(OC2CCNCC2)c1. The lowest BCUT2D eigenvalue weighted by Gasteiger charge is -2.24. The van der Waals surface area contributed by atoms with E-state index in [0.717, 1.165) is 25.9 Å². The molecule has 1 amide bonds. The average Bonchev–Trinajstić information content (AvgIpc) is 2.30. The Balaban J connectivity index is 2.05. The Labute approximate surface area is 99.2 Å². The summed E-state index contributed by atoms with van der Waals surface area (Å²) in [6, 6.07) is 4.21. The third kappa shape index (κ3) is 3.42. The number of piperidine rings is 1. The standard InChI is InChI=1S/C12H15FN2O2/c13-9-5-10(15-8-16)7-12(6-9)17-11-1-3-14-4-2-11/h5-8,11,14H,1-4H2,(H,15,16). The molecule has 17 heavy (non-hydrogen) atoms. The number of rotatable bonds is 4. The van der Waals surface area contributed by atoms with Crippen molar-refractivity contribution >= 4 is 12.1 Å². The Bertz CT molecular complexity index is 392. The largest absolute Gasteiger partial charge is 0.490 e. The molecule has 92 valence electrons. The topological polar surface area (TPSA) is 50.4 Å². The summed E-state index contributed by atoms with van der Waals surface area (Å²) in [6.45, 7) is 1.83. The van der Waals surface area contributed by atoms with Crippen LogP contribution in [0.1, 0.15) is 12.8 Å². The van der Waals surface area contributed by atoms with Gasteiger partial charge in [-0.25, -0.2) is 4.39 Å². The van der Waals surface area contributed by atoms with Gasteiger partial charge < -0.3 is 15.4 Å². The zero-order valence-electron chi connectivity index (χ0n) is 9.41. The summed E-state index contributed by atoms with van der Waals surface area (Å²) in [7, 11) is 0. The van der Waals surface area contributed by atoms with Crippen molar-refractivity contribution in [2.75, 3.05) is 18.4 Å². The van der Waals surface area contributed by atoms with E-state index in [1.807, 2.05) is 0 Å². The summed E-state index contributed by atoms with van der Waals surface area (Å²) in [5.41, 5.74) is 0.406. The molecule has 0 saturated carbocycles. The predicted molar refractivity (Wildman–Crippen MR) is 62.6 cm³/mol. The van der Waals surface area contributed by atoms with E-state index in [4.69, 9.17) is 4.74 Å². The molecule has 0 unspecified atom stereocenters. The number of amides is 1. The smallest absolute Gasteiger partial charge is 0.211 e. The molecule has 0 atom stereocenters. The quantitative estimate of drug-likeness (QED) is 0.782. The number of carbonyl (C=O) groups excluding carboxylic acids is 1. The first kappa shape index (κ1) is 11.9. The maximum Gasteiger partial charge on any atom is 0.211 e. The Kier molecular flexibility index (Phi) is 3.93. The summed E-state index contributed by atoms with van der Waals surface area (Å²) in [6.07, 6.45) is 2.45. The second-order valence-electron chi connectivity index (χ2n) is 4.01. The number of carbonyl (C=O) groups is 1. The molecule has 4 nitrogen and oxygen atoms in total. The second kappa shape index (κ2) is 5.63. The highest BCUT2D eigenvalue weighted by Crippen LogP contribution is 2.22. The van der Waals surface area contributed by atoms with Gasteiger partial charge in [-0.05, 0) is 32.0 Å². The van der Waals surface area contributed by atoms with Gasteiger partial charge in [0.2, 0.25) is 6.41 Å². The number of benzene rings is 1. The molecule has 1 heterocycles. The maximum atomic E-state index is 13.3. The third-order valence-electron chi connectivity index (χ3n) is 2.69. The highest BCUT2D eigenvalue weighted by Gasteiger charge is 2.15. The van der Waals surface area contributed by atoms with E-state index in [0.29, 0.717) is 17.8 Å². The van der Waals surface area contributed by atoms with Crippen LogP contribution in [0, 0.1) is 5.82 Å². The molecular weight excluding hydrogens is 223 g/mol. The second-order valence-corrected chi connectivity index (χ2v) is 4.01. The molecule has 0 spiro atoms. The van der Waals surface area contributed by atoms with Gasteiger partial charge in [0.15, 0.2) is 0 Å². The minimum atomic E-state index is -0.416. The number of hydrogen-bond donors (Lipinski definition) is 2. The summed E-state index contributed by atoms with van der Waals surface area (Å²) in [5.74, 6) is 0.0436. The number of anilines is 1. The summed E-state index contributed by atoms with van der Waals surface area (Å²) in [4.78, 5) is 10.3. The molecule has 1 fully saturated rings. The Morgan fingerprint density at radius 2 is 2.12 bits per heavy atom. The van der Waals surface area contributed by atoms with Crippen LogP contribution in [0.25, 0.3) is 0 Å². The molecule has 2 N–H and O–H groups in total. The number of hydrogen-bond acceptors (Lipinski definition) is 3. The molecule has 0 aromatic heterocycles.